The summed E-state index contributed by atoms with van der Waals surface area (Å²) in [5.41, 5.74) is 1.51. The predicted octanol–water partition coefficient (Wildman–Crippen LogP) is 3.14. The Morgan fingerprint density at radius 2 is 2.10 bits per heavy atom. The average molecular weight is 317 g/mol. The Labute approximate surface area is 133 Å². The molecular weight excluding hydrogens is 304 g/mol. The molecule has 0 aliphatic rings. The predicted molar refractivity (Wildman–Crippen MR) is 88.3 cm³/mol. The van der Waals surface area contributed by atoms with Crippen molar-refractivity contribution in [2.75, 3.05) is 11.9 Å². The zero-order valence-electron chi connectivity index (χ0n) is 11.1. The number of rotatable bonds is 4. The number of hydrogen-bond acceptors (Lipinski definition) is 3. The molecule has 0 unspecified atom stereocenters. The molecule has 2 N–H and O–H groups in total. The van der Waals surface area contributed by atoms with Gasteiger partial charge >= 0.3 is 0 Å². The molecule has 0 spiro atoms. The summed E-state index contributed by atoms with van der Waals surface area (Å²) in [6.45, 7) is 0.643. The summed E-state index contributed by atoms with van der Waals surface area (Å²) in [4.78, 5) is 4.09. The molecule has 1 aromatic carbocycles. The molecule has 1 heterocycles. The van der Waals surface area contributed by atoms with Crippen molar-refractivity contribution in [2.45, 2.75) is 6.42 Å². The molecule has 106 valence electrons. The number of halogens is 1. The topological polar surface area (TPSA) is 60.7 Å². The first-order chi connectivity index (χ1) is 10.2. The fourth-order valence-corrected chi connectivity index (χ4v) is 2.19. The third-order valence-electron chi connectivity index (χ3n) is 2.80. The fourth-order valence-electron chi connectivity index (χ4n) is 1.76. The van der Waals surface area contributed by atoms with Crippen molar-refractivity contribution in [2.24, 2.45) is 0 Å². The number of nitrogens with zero attached hydrogens (tertiary/aromatic N) is 2. The zero-order valence-corrected chi connectivity index (χ0v) is 12.7. The smallest absolute Gasteiger partial charge is 0.171 e. The second-order valence-electron chi connectivity index (χ2n) is 4.23. The van der Waals surface area contributed by atoms with Crippen LogP contribution in [0.5, 0.6) is 0 Å². The number of benzene rings is 1. The molecule has 21 heavy (non-hydrogen) atoms. The van der Waals surface area contributed by atoms with Gasteiger partial charge in [-0.25, -0.2) is 4.98 Å². The Hall–Kier alpha value is -2.16. The van der Waals surface area contributed by atoms with Crippen LogP contribution in [0.2, 0.25) is 5.02 Å². The van der Waals surface area contributed by atoms with Crippen LogP contribution < -0.4 is 10.6 Å². The van der Waals surface area contributed by atoms with Crippen molar-refractivity contribution in [3.8, 4) is 6.07 Å². The Balaban J connectivity index is 1.86. The van der Waals surface area contributed by atoms with Crippen LogP contribution in [0, 0.1) is 11.3 Å². The Morgan fingerprint density at radius 3 is 2.86 bits per heavy atom. The molecule has 0 fully saturated rings. The van der Waals surface area contributed by atoms with Gasteiger partial charge in [-0.1, -0.05) is 29.8 Å². The average Bonchev–Trinajstić information content (AvgIpc) is 2.50. The lowest BCUT2D eigenvalue weighted by atomic mass is 10.1. The maximum absolute atomic E-state index is 8.98. The van der Waals surface area contributed by atoms with E-state index in [9.17, 15) is 0 Å². The van der Waals surface area contributed by atoms with E-state index in [0.29, 0.717) is 23.0 Å². The summed E-state index contributed by atoms with van der Waals surface area (Å²) >= 11 is 11.3. The normalized spacial score (nSPS) is 9.71. The van der Waals surface area contributed by atoms with E-state index in [-0.39, 0.29) is 0 Å². The van der Waals surface area contributed by atoms with Gasteiger partial charge in [0.25, 0.3) is 0 Å². The number of anilines is 1. The molecule has 0 saturated heterocycles. The van der Waals surface area contributed by atoms with E-state index in [1.54, 1.807) is 18.3 Å². The number of nitriles is 1. The van der Waals surface area contributed by atoms with Crippen molar-refractivity contribution in [1.82, 2.24) is 10.3 Å². The summed E-state index contributed by atoms with van der Waals surface area (Å²) in [6.07, 6.45) is 2.37. The highest BCUT2D eigenvalue weighted by Crippen LogP contribution is 2.15. The van der Waals surface area contributed by atoms with Crippen LogP contribution in [0.25, 0.3) is 0 Å². The first kappa shape index (κ1) is 15.2. The van der Waals surface area contributed by atoms with Gasteiger partial charge in [-0.05, 0) is 42.4 Å². The van der Waals surface area contributed by atoms with Gasteiger partial charge in [0.2, 0.25) is 0 Å². The van der Waals surface area contributed by atoms with Crippen LogP contribution in [0.15, 0.2) is 42.6 Å². The van der Waals surface area contributed by atoms with Crippen LogP contribution in [0.4, 0.5) is 5.82 Å². The van der Waals surface area contributed by atoms with E-state index in [1.807, 2.05) is 24.3 Å². The van der Waals surface area contributed by atoms with E-state index in [2.05, 4.69) is 21.7 Å². The molecule has 0 amide bonds. The van der Waals surface area contributed by atoms with Crippen LogP contribution in [-0.2, 0) is 6.42 Å². The quantitative estimate of drug-likeness (QED) is 0.849. The van der Waals surface area contributed by atoms with E-state index < -0.39 is 0 Å². The van der Waals surface area contributed by atoms with E-state index in [4.69, 9.17) is 29.1 Å². The van der Waals surface area contributed by atoms with Crippen LogP contribution >= 0.6 is 23.8 Å². The van der Waals surface area contributed by atoms with E-state index in [0.717, 1.165) is 17.0 Å². The molecular formula is C15H13ClN4S. The van der Waals surface area contributed by atoms with Gasteiger partial charge in [-0.15, -0.1) is 0 Å². The van der Waals surface area contributed by atoms with Gasteiger partial charge in [0.1, 0.15) is 11.9 Å². The number of aromatic nitrogens is 1. The largest absolute Gasteiger partial charge is 0.362 e. The SMILES string of the molecule is N#Cc1cccnc1NC(=S)NCCc1ccccc1Cl. The number of hydrogen-bond donors (Lipinski definition) is 2. The van der Waals surface area contributed by atoms with Crippen molar-refractivity contribution < 1.29 is 0 Å². The second kappa shape index (κ2) is 7.58. The summed E-state index contributed by atoms with van der Waals surface area (Å²) in [6, 6.07) is 13.1. The second-order valence-corrected chi connectivity index (χ2v) is 5.05. The molecule has 0 aliphatic carbocycles. The Morgan fingerprint density at radius 1 is 1.29 bits per heavy atom. The van der Waals surface area contributed by atoms with Crippen molar-refractivity contribution in [3.05, 3.63) is 58.7 Å². The summed E-state index contributed by atoms with van der Waals surface area (Å²) in [7, 11) is 0. The number of thiocarbonyl (C=S) groups is 1. The minimum Gasteiger partial charge on any atom is -0.362 e. The first-order valence-electron chi connectivity index (χ1n) is 6.34. The Bertz CT molecular complexity index is 681. The standard InChI is InChI=1S/C15H13ClN4S/c16-13-6-2-1-4-11(13)7-9-19-15(21)20-14-12(10-17)5-3-8-18-14/h1-6,8H,7,9H2,(H2,18,19,20,21). The zero-order chi connectivity index (χ0) is 15.1. The van der Waals surface area contributed by atoms with E-state index in [1.165, 1.54) is 0 Å². The third kappa shape index (κ3) is 4.42. The number of pyridine rings is 1. The molecule has 2 rings (SSSR count). The number of nitrogens with one attached hydrogen (secondary N) is 2. The molecule has 0 saturated carbocycles. The monoisotopic (exact) mass is 316 g/mol. The van der Waals surface area contributed by atoms with Gasteiger partial charge in [0, 0.05) is 17.8 Å². The van der Waals surface area contributed by atoms with Crippen LogP contribution in [-0.4, -0.2) is 16.6 Å². The summed E-state index contributed by atoms with van der Waals surface area (Å²) in [5, 5.41) is 16.1. The van der Waals surface area contributed by atoms with Crippen molar-refractivity contribution in [1.29, 1.82) is 5.26 Å². The first-order valence-corrected chi connectivity index (χ1v) is 7.12. The van der Waals surface area contributed by atoms with Crippen LogP contribution in [0.3, 0.4) is 0 Å². The molecule has 4 nitrogen and oxygen atoms in total. The molecule has 0 radical (unpaired) electrons. The molecule has 2 aromatic rings. The highest BCUT2D eigenvalue weighted by Gasteiger charge is 2.04. The lowest BCUT2D eigenvalue weighted by Crippen LogP contribution is -2.30. The fraction of sp³-hybridized carbons (Fsp3) is 0.133. The van der Waals surface area contributed by atoms with Gasteiger partial charge < -0.3 is 10.6 Å². The van der Waals surface area contributed by atoms with Gasteiger partial charge in [0.05, 0.1) is 5.56 Å². The van der Waals surface area contributed by atoms with Gasteiger partial charge in [-0.3, -0.25) is 0 Å². The summed E-state index contributed by atoms with van der Waals surface area (Å²) < 4.78 is 0. The van der Waals surface area contributed by atoms with E-state index >= 15 is 0 Å². The molecule has 0 aliphatic heterocycles. The third-order valence-corrected chi connectivity index (χ3v) is 3.41. The van der Waals surface area contributed by atoms with Crippen molar-refractivity contribution in [3.63, 3.8) is 0 Å². The van der Waals surface area contributed by atoms with Crippen molar-refractivity contribution >= 4 is 34.7 Å². The van der Waals surface area contributed by atoms with Crippen LogP contribution in [0.1, 0.15) is 11.1 Å². The summed E-state index contributed by atoms with van der Waals surface area (Å²) in [5.74, 6) is 0.454. The minimum absolute atomic E-state index is 0.428. The lowest BCUT2D eigenvalue weighted by Gasteiger charge is -2.11. The highest BCUT2D eigenvalue weighted by atomic mass is 35.5. The lowest BCUT2D eigenvalue weighted by molar-refractivity contribution is 0.873. The maximum Gasteiger partial charge on any atom is 0.171 e. The van der Waals surface area contributed by atoms with Gasteiger partial charge in [-0.2, -0.15) is 5.26 Å². The molecule has 6 heteroatoms. The molecule has 0 bridgehead atoms. The maximum atomic E-state index is 8.98. The Kier molecular flexibility index (Phi) is 5.50. The van der Waals surface area contributed by atoms with Gasteiger partial charge in [0.15, 0.2) is 5.11 Å². The highest BCUT2D eigenvalue weighted by molar-refractivity contribution is 7.80. The minimum atomic E-state index is 0.428. The molecule has 0 atom stereocenters. The molecule has 1 aromatic heterocycles.